The minimum atomic E-state index is -3.44. The number of sulfonamides is 1. The average Bonchev–Trinajstić information content (AvgIpc) is 3.11. The van der Waals surface area contributed by atoms with Crippen LogP contribution in [0.2, 0.25) is 0 Å². The summed E-state index contributed by atoms with van der Waals surface area (Å²) in [5, 5.41) is 3.99. The van der Waals surface area contributed by atoms with Gasteiger partial charge in [0.05, 0.1) is 4.90 Å². The van der Waals surface area contributed by atoms with Crippen molar-refractivity contribution < 1.29 is 13.2 Å². The van der Waals surface area contributed by atoms with Crippen LogP contribution in [0.25, 0.3) is 10.9 Å². The fourth-order valence-corrected chi connectivity index (χ4v) is 5.96. The molecule has 1 N–H and O–H groups in total. The van der Waals surface area contributed by atoms with Crippen LogP contribution in [0.4, 0.5) is 0 Å². The van der Waals surface area contributed by atoms with Gasteiger partial charge in [0.1, 0.15) is 6.54 Å². The molecule has 6 nitrogen and oxygen atoms in total. The van der Waals surface area contributed by atoms with Crippen molar-refractivity contribution in [1.29, 1.82) is 0 Å². The first-order chi connectivity index (χ1) is 13.5. The molecule has 2 heterocycles. The van der Waals surface area contributed by atoms with Crippen molar-refractivity contribution in [3.05, 3.63) is 30.5 Å². The maximum absolute atomic E-state index is 12.9. The lowest BCUT2D eigenvalue weighted by Gasteiger charge is -2.25. The molecule has 1 aliphatic heterocycles. The van der Waals surface area contributed by atoms with Gasteiger partial charge in [0, 0.05) is 36.2 Å². The SMILES string of the molecule is O=C(Cn1ccc2cc(S(=O)(=O)N3CCCCC3)ccc21)NC1CCCCC1. The van der Waals surface area contributed by atoms with Crippen molar-refractivity contribution in [2.45, 2.75) is 68.8 Å². The Morgan fingerprint density at radius 1 is 1.00 bits per heavy atom. The van der Waals surface area contributed by atoms with Crippen LogP contribution in [0.3, 0.4) is 0 Å². The van der Waals surface area contributed by atoms with Crippen molar-refractivity contribution in [3.63, 3.8) is 0 Å². The zero-order valence-electron chi connectivity index (χ0n) is 16.3. The smallest absolute Gasteiger partial charge is 0.243 e. The van der Waals surface area contributed by atoms with Crippen molar-refractivity contribution >= 4 is 26.8 Å². The number of rotatable bonds is 5. The van der Waals surface area contributed by atoms with Crippen molar-refractivity contribution in [3.8, 4) is 0 Å². The Kier molecular flexibility index (Phi) is 5.73. The number of amides is 1. The molecule has 1 saturated carbocycles. The molecule has 0 atom stereocenters. The van der Waals surface area contributed by atoms with Gasteiger partial charge in [0.2, 0.25) is 15.9 Å². The van der Waals surface area contributed by atoms with E-state index in [0.29, 0.717) is 24.0 Å². The summed E-state index contributed by atoms with van der Waals surface area (Å²) in [5.74, 6) is 0.0226. The normalized spacial score (nSPS) is 19.7. The molecule has 2 aromatic rings. The zero-order valence-corrected chi connectivity index (χ0v) is 17.1. The van der Waals surface area contributed by atoms with Gasteiger partial charge in [-0.15, -0.1) is 0 Å². The minimum absolute atomic E-state index is 0.0226. The van der Waals surface area contributed by atoms with Gasteiger partial charge in [-0.25, -0.2) is 8.42 Å². The highest BCUT2D eigenvalue weighted by Gasteiger charge is 2.26. The third-order valence-corrected chi connectivity index (χ3v) is 7.87. The van der Waals surface area contributed by atoms with E-state index in [1.807, 2.05) is 22.9 Å². The molecular formula is C21H29N3O3S. The average molecular weight is 404 g/mol. The minimum Gasteiger partial charge on any atom is -0.352 e. The second kappa shape index (κ2) is 8.25. The molecule has 1 aromatic heterocycles. The summed E-state index contributed by atoms with van der Waals surface area (Å²) in [7, 11) is -3.44. The second-order valence-corrected chi connectivity index (χ2v) is 9.97. The van der Waals surface area contributed by atoms with Gasteiger partial charge in [-0.3, -0.25) is 4.79 Å². The van der Waals surface area contributed by atoms with E-state index in [-0.39, 0.29) is 12.5 Å². The van der Waals surface area contributed by atoms with Crippen molar-refractivity contribution in [2.24, 2.45) is 0 Å². The van der Waals surface area contributed by atoms with Gasteiger partial charge in [0.25, 0.3) is 0 Å². The Hall–Kier alpha value is -1.86. The summed E-state index contributed by atoms with van der Waals surface area (Å²) < 4.78 is 29.3. The van der Waals surface area contributed by atoms with E-state index < -0.39 is 10.0 Å². The fourth-order valence-electron chi connectivity index (χ4n) is 4.41. The number of carbonyl (C=O) groups is 1. The molecule has 1 aromatic carbocycles. The third-order valence-electron chi connectivity index (χ3n) is 5.98. The largest absolute Gasteiger partial charge is 0.352 e. The van der Waals surface area contributed by atoms with Crippen molar-refractivity contribution in [1.82, 2.24) is 14.2 Å². The van der Waals surface area contributed by atoms with Gasteiger partial charge in [0.15, 0.2) is 0 Å². The molecule has 2 fully saturated rings. The lowest BCUT2D eigenvalue weighted by molar-refractivity contribution is -0.122. The molecule has 152 valence electrons. The number of nitrogens with one attached hydrogen (secondary N) is 1. The first kappa shape index (κ1) is 19.5. The number of hydrogen-bond acceptors (Lipinski definition) is 3. The summed E-state index contributed by atoms with van der Waals surface area (Å²) in [4.78, 5) is 12.8. The lowest BCUT2D eigenvalue weighted by Crippen LogP contribution is -2.38. The van der Waals surface area contributed by atoms with Crippen molar-refractivity contribution in [2.75, 3.05) is 13.1 Å². The first-order valence-electron chi connectivity index (χ1n) is 10.4. The molecule has 0 unspecified atom stereocenters. The number of aromatic nitrogens is 1. The molecule has 1 saturated heterocycles. The second-order valence-electron chi connectivity index (χ2n) is 8.03. The molecule has 4 rings (SSSR count). The Balaban J connectivity index is 1.49. The van der Waals surface area contributed by atoms with Gasteiger partial charge >= 0.3 is 0 Å². The predicted octanol–water partition coefficient (Wildman–Crippen LogP) is 3.26. The van der Waals surface area contributed by atoms with Crippen LogP contribution < -0.4 is 5.32 Å². The topological polar surface area (TPSA) is 71.4 Å². The number of piperidine rings is 1. The molecular weight excluding hydrogens is 374 g/mol. The van der Waals surface area contributed by atoms with Crippen LogP contribution in [-0.2, 0) is 21.4 Å². The summed E-state index contributed by atoms with van der Waals surface area (Å²) in [6.07, 6.45) is 10.6. The first-order valence-corrected chi connectivity index (χ1v) is 11.9. The monoisotopic (exact) mass is 403 g/mol. The highest BCUT2D eigenvalue weighted by Crippen LogP contribution is 2.25. The van der Waals surface area contributed by atoms with Gasteiger partial charge < -0.3 is 9.88 Å². The molecule has 2 aliphatic rings. The number of benzene rings is 1. The molecule has 0 bridgehead atoms. The Bertz CT molecular complexity index is 939. The number of carbonyl (C=O) groups excluding carboxylic acids is 1. The van der Waals surface area contributed by atoms with E-state index >= 15 is 0 Å². The number of hydrogen-bond donors (Lipinski definition) is 1. The molecule has 1 amide bonds. The third kappa shape index (κ3) is 4.10. The molecule has 0 spiro atoms. The zero-order chi connectivity index (χ0) is 19.6. The summed E-state index contributed by atoms with van der Waals surface area (Å²) in [6, 6.07) is 7.40. The van der Waals surface area contributed by atoms with Gasteiger partial charge in [-0.05, 0) is 49.9 Å². The quantitative estimate of drug-likeness (QED) is 0.833. The fraction of sp³-hybridized carbons (Fsp3) is 0.571. The maximum Gasteiger partial charge on any atom is 0.243 e. The van der Waals surface area contributed by atoms with E-state index in [9.17, 15) is 13.2 Å². The molecule has 28 heavy (non-hydrogen) atoms. The van der Waals surface area contributed by atoms with Gasteiger partial charge in [-0.2, -0.15) is 4.31 Å². The summed E-state index contributed by atoms with van der Waals surface area (Å²) in [6.45, 7) is 1.46. The van der Waals surface area contributed by atoms with E-state index in [4.69, 9.17) is 0 Å². The standard InChI is InChI=1S/C21H29N3O3S/c25-21(22-18-7-3-1-4-8-18)16-23-14-11-17-15-19(9-10-20(17)23)28(26,27)24-12-5-2-6-13-24/h9-11,14-15,18H,1-8,12-13,16H2,(H,22,25). The van der Waals surface area contributed by atoms with Crippen LogP contribution in [0, 0.1) is 0 Å². The summed E-state index contributed by atoms with van der Waals surface area (Å²) >= 11 is 0. The Morgan fingerprint density at radius 3 is 2.46 bits per heavy atom. The number of fused-ring (bicyclic) bond motifs is 1. The molecule has 1 aliphatic carbocycles. The van der Waals surface area contributed by atoms with E-state index in [0.717, 1.165) is 43.0 Å². The van der Waals surface area contributed by atoms with Gasteiger partial charge in [-0.1, -0.05) is 25.7 Å². The summed E-state index contributed by atoms with van der Waals surface area (Å²) in [5.41, 5.74) is 0.886. The molecule has 0 radical (unpaired) electrons. The van der Waals surface area contributed by atoms with Crippen LogP contribution in [-0.4, -0.2) is 42.3 Å². The van der Waals surface area contributed by atoms with Crippen LogP contribution in [0.15, 0.2) is 35.4 Å². The maximum atomic E-state index is 12.9. The highest BCUT2D eigenvalue weighted by atomic mass is 32.2. The number of nitrogens with zero attached hydrogens (tertiary/aromatic N) is 2. The van der Waals surface area contributed by atoms with E-state index in [1.54, 1.807) is 16.4 Å². The van der Waals surface area contributed by atoms with E-state index in [2.05, 4.69) is 5.32 Å². The highest BCUT2D eigenvalue weighted by molar-refractivity contribution is 7.89. The Labute approximate surface area is 166 Å². The van der Waals surface area contributed by atoms with Crippen LogP contribution in [0.1, 0.15) is 51.4 Å². The predicted molar refractivity (Wildman–Crippen MR) is 110 cm³/mol. The van der Waals surface area contributed by atoms with E-state index in [1.165, 1.54) is 19.3 Å². The van der Waals surface area contributed by atoms with Crippen LogP contribution >= 0.6 is 0 Å². The lowest BCUT2D eigenvalue weighted by atomic mass is 9.95. The Morgan fingerprint density at radius 2 is 1.71 bits per heavy atom. The molecule has 7 heteroatoms. The van der Waals surface area contributed by atoms with Crippen LogP contribution in [0.5, 0.6) is 0 Å².